The first kappa shape index (κ1) is 13.8. The van der Waals surface area contributed by atoms with E-state index in [2.05, 4.69) is 0 Å². The highest BCUT2D eigenvalue weighted by Crippen LogP contribution is 2.29. The fourth-order valence-electron chi connectivity index (χ4n) is 2.34. The number of benzene rings is 1. The average Bonchev–Trinajstić information content (AvgIpc) is 2.33. The van der Waals surface area contributed by atoms with Crippen LogP contribution in [0.4, 0.5) is 4.39 Å². The molecular formula is C12H15ClFNO2S. The minimum atomic E-state index is -3.53. The number of nitrogens with two attached hydrogens (primary N) is 1. The van der Waals surface area contributed by atoms with E-state index in [1.807, 2.05) is 0 Å². The summed E-state index contributed by atoms with van der Waals surface area (Å²) in [5.41, 5.74) is 5.88. The maximum atomic E-state index is 13.1. The summed E-state index contributed by atoms with van der Waals surface area (Å²) in [7, 11) is -3.53. The molecule has 0 spiro atoms. The SMILES string of the molecule is NC1CCCCC1S(=O)(=O)c1ccc(F)c(Cl)c1. The molecule has 0 heterocycles. The quantitative estimate of drug-likeness (QED) is 0.852. The molecule has 100 valence electrons. The first-order chi connectivity index (χ1) is 8.43. The molecule has 1 aliphatic rings. The van der Waals surface area contributed by atoms with Gasteiger partial charge in [0, 0.05) is 6.04 Å². The van der Waals surface area contributed by atoms with Crippen LogP contribution < -0.4 is 5.73 Å². The zero-order valence-corrected chi connectivity index (χ0v) is 11.3. The highest BCUT2D eigenvalue weighted by atomic mass is 35.5. The lowest BCUT2D eigenvalue weighted by atomic mass is 9.96. The Morgan fingerprint density at radius 2 is 1.94 bits per heavy atom. The molecule has 1 fully saturated rings. The third kappa shape index (κ3) is 2.53. The van der Waals surface area contributed by atoms with Gasteiger partial charge in [-0.05, 0) is 31.0 Å². The van der Waals surface area contributed by atoms with Crippen LogP contribution in [0.2, 0.25) is 5.02 Å². The number of halogens is 2. The van der Waals surface area contributed by atoms with Gasteiger partial charge in [0.15, 0.2) is 9.84 Å². The number of hydrogen-bond acceptors (Lipinski definition) is 3. The average molecular weight is 292 g/mol. The summed E-state index contributed by atoms with van der Waals surface area (Å²) < 4.78 is 37.9. The summed E-state index contributed by atoms with van der Waals surface area (Å²) in [5.74, 6) is -0.622. The van der Waals surface area contributed by atoms with Gasteiger partial charge >= 0.3 is 0 Å². The van der Waals surface area contributed by atoms with Crippen LogP contribution >= 0.6 is 11.6 Å². The van der Waals surface area contributed by atoms with Gasteiger partial charge in [0.05, 0.1) is 15.2 Å². The lowest BCUT2D eigenvalue weighted by Crippen LogP contribution is -2.42. The van der Waals surface area contributed by atoms with E-state index in [-0.39, 0.29) is 16.0 Å². The van der Waals surface area contributed by atoms with E-state index in [9.17, 15) is 12.8 Å². The maximum Gasteiger partial charge on any atom is 0.182 e. The fourth-order valence-corrected chi connectivity index (χ4v) is 4.55. The molecule has 6 heteroatoms. The Bertz CT molecular complexity index is 547. The molecule has 2 unspecified atom stereocenters. The van der Waals surface area contributed by atoms with Crippen LogP contribution in [0.15, 0.2) is 23.1 Å². The predicted molar refractivity (Wildman–Crippen MR) is 68.8 cm³/mol. The second kappa shape index (κ2) is 5.15. The first-order valence-electron chi connectivity index (χ1n) is 5.87. The van der Waals surface area contributed by atoms with Crippen LogP contribution in [0.3, 0.4) is 0 Å². The van der Waals surface area contributed by atoms with Gasteiger partial charge in [-0.15, -0.1) is 0 Å². The highest BCUT2D eigenvalue weighted by molar-refractivity contribution is 7.92. The topological polar surface area (TPSA) is 60.2 Å². The van der Waals surface area contributed by atoms with E-state index in [0.29, 0.717) is 12.8 Å². The summed E-state index contributed by atoms with van der Waals surface area (Å²) in [6.45, 7) is 0. The van der Waals surface area contributed by atoms with Crippen LogP contribution in [-0.2, 0) is 9.84 Å². The molecule has 0 aromatic heterocycles. The molecule has 3 nitrogen and oxygen atoms in total. The molecule has 0 radical (unpaired) electrons. The minimum Gasteiger partial charge on any atom is -0.327 e. The standard InChI is InChI=1S/C12H15ClFNO2S/c13-9-7-8(5-6-10(9)14)18(16,17)12-4-2-1-3-11(12)15/h5-7,11-12H,1-4,15H2. The van der Waals surface area contributed by atoms with E-state index in [1.165, 1.54) is 6.07 Å². The van der Waals surface area contributed by atoms with Crippen molar-refractivity contribution < 1.29 is 12.8 Å². The molecule has 0 aliphatic heterocycles. The second-order valence-electron chi connectivity index (χ2n) is 4.61. The lowest BCUT2D eigenvalue weighted by Gasteiger charge is -2.28. The van der Waals surface area contributed by atoms with Crippen molar-refractivity contribution in [3.8, 4) is 0 Å². The van der Waals surface area contributed by atoms with Crippen LogP contribution in [0.1, 0.15) is 25.7 Å². The minimum absolute atomic E-state index is 0.0521. The maximum absolute atomic E-state index is 13.1. The molecule has 1 saturated carbocycles. The molecule has 1 aromatic carbocycles. The van der Waals surface area contributed by atoms with Crippen LogP contribution in [-0.4, -0.2) is 19.7 Å². The van der Waals surface area contributed by atoms with Gasteiger partial charge in [0.1, 0.15) is 5.82 Å². The molecular weight excluding hydrogens is 277 g/mol. The van der Waals surface area contributed by atoms with E-state index in [1.54, 1.807) is 0 Å². The molecule has 0 amide bonds. The van der Waals surface area contributed by atoms with Gasteiger partial charge in [-0.2, -0.15) is 0 Å². The summed E-state index contributed by atoms with van der Waals surface area (Å²) in [6, 6.07) is 3.13. The Hall–Kier alpha value is -0.650. The monoisotopic (exact) mass is 291 g/mol. The van der Waals surface area contributed by atoms with Crippen molar-refractivity contribution in [2.45, 2.75) is 41.9 Å². The van der Waals surface area contributed by atoms with Gasteiger partial charge in [0.25, 0.3) is 0 Å². The molecule has 2 N–H and O–H groups in total. The largest absolute Gasteiger partial charge is 0.327 e. The van der Waals surface area contributed by atoms with E-state index in [4.69, 9.17) is 17.3 Å². The number of hydrogen-bond donors (Lipinski definition) is 1. The molecule has 1 aliphatic carbocycles. The Morgan fingerprint density at radius 3 is 2.56 bits per heavy atom. The first-order valence-corrected chi connectivity index (χ1v) is 7.80. The Kier molecular flexibility index (Phi) is 3.94. The zero-order valence-electron chi connectivity index (χ0n) is 9.77. The van der Waals surface area contributed by atoms with Crippen molar-refractivity contribution in [1.29, 1.82) is 0 Å². The molecule has 0 saturated heterocycles. The molecule has 2 atom stereocenters. The molecule has 2 rings (SSSR count). The van der Waals surface area contributed by atoms with E-state index >= 15 is 0 Å². The van der Waals surface area contributed by atoms with E-state index < -0.39 is 20.9 Å². The van der Waals surface area contributed by atoms with Crippen molar-refractivity contribution in [3.63, 3.8) is 0 Å². The van der Waals surface area contributed by atoms with Crippen molar-refractivity contribution >= 4 is 21.4 Å². The van der Waals surface area contributed by atoms with Crippen LogP contribution in [0, 0.1) is 5.82 Å². The molecule has 0 bridgehead atoms. The third-order valence-corrected chi connectivity index (χ3v) is 5.95. The van der Waals surface area contributed by atoms with Crippen molar-refractivity contribution in [2.24, 2.45) is 5.73 Å². The third-order valence-electron chi connectivity index (χ3n) is 3.37. The van der Waals surface area contributed by atoms with Crippen molar-refractivity contribution in [1.82, 2.24) is 0 Å². The predicted octanol–water partition coefficient (Wildman–Crippen LogP) is 2.52. The van der Waals surface area contributed by atoms with Gasteiger partial charge in [0.2, 0.25) is 0 Å². The smallest absolute Gasteiger partial charge is 0.182 e. The van der Waals surface area contributed by atoms with Crippen LogP contribution in [0.25, 0.3) is 0 Å². The summed E-state index contributed by atoms with van der Waals surface area (Å²) in [6.07, 6.45) is 3.07. The Labute approximate surface area is 111 Å². The van der Waals surface area contributed by atoms with Crippen molar-refractivity contribution in [3.05, 3.63) is 29.0 Å². The fraction of sp³-hybridized carbons (Fsp3) is 0.500. The van der Waals surface area contributed by atoms with Gasteiger partial charge in [-0.1, -0.05) is 24.4 Å². The molecule has 1 aromatic rings. The summed E-state index contributed by atoms with van der Waals surface area (Å²) in [4.78, 5) is 0.0521. The summed E-state index contributed by atoms with van der Waals surface area (Å²) >= 11 is 5.62. The van der Waals surface area contributed by atoms with Crippen molar-refractivity contribution in [2.75, 3.05) is 0 Å². The second-order valence-corrected chi connectivity index (χ2v) is 7.18. The number of rotatable bonds is 2. The normalized spacial score (nSPS) is 25.1. The summed E-state index contributed by atoms with van der Waals surface area (Å²) in [5, 5.41) is -0.770. The van der Waals surface area contributed by atoms with Gasteiger partial charge in [-0.25, -0.2) is 12.8 Å². The lowest BCUT2D eigenvalue weighted by molar-refractivity contribution is 0.432. The Balaban J connectivity index is 2.37. The van der Waals surface area contributed by atoms with Gasteiger partial charge in [-0.3, -0.25) is 0 Å². The highest BCUT2D eigenvalue weighted by Gasteiger charge is 2.34. The number of sulfone groups is 1. The van der Waals surface area contributed by atoms with E-state index in [0.717, 1.165) is 25.0 Å². The zero-order chi connectivity index (χ0) is 13.3. The molecule has 18 heavy (non-hydrogen) atoms. The van der Waals surface area contributed by atoms with Crippen LogP contribution in [0.5, 0.6) is 0 Å². The van der Waals surface area contributed by atoms with Gasteiger partial charge < -0.3 is 5.73 Å². The Morgan fingerprint density at radius 1 is 1.28 bits per heavy atom.